The lowest BCUT2D eigenvalue weighted by molar-refractivity contribution is 0.790. The lowest BCUT2D eigenvalue weighted by Gasteiger charge is -1.83. The molecule has 2 heteroatoms. The fourth-order valence-corrected chi connectivity index (χ4v) is 0. The first-order chi connectivity index (χ1) is 5.73. The van der Waals surface area contributed by atoms with Gasteiger partial charge in [-0.15, -0.1) is 52.6 Å². The molecular formula is C10H24N2. The van der Waals surface area contributed by atoms with Gasteiger partial charge >= 0.3 is 0 Å². The summed E-state index contributed by atoms with van der Waals surface area (Å²) in [4.78, 5) is 0. The number of nitrogens with two attached hydrogens (primary N) is 2. The van der Waals surface area contributed by atoms with Gasteiger partial charge in [0.05, 0.1) is 0 Å². The number of rotatable bonds is 0. The molecule has 0 aromatic rings. The topological polar surface area (TPSA) is 52.0 Å². The summed E-state index contributed by atoms with van der Waals surface area (Å²) in [6.45, 7) is 25.7. The van der Waals surface area contributed by atoms with Gasteiger partial charge in [-0.05, 0) is 6.92 Å². The van der Waals surface area contributed by atoms with Gasteiger partial charge in [-0.25, -0.2) is 0 Å². The van der Waals surface area contributed by atoms with Crippen molar-refractivity contribution in [3.05, 3.63) is 52.6 Å². The zero-order valence-electron chi connectivity index (χ0n) is 8.39. The molecule has 74 valence electrons. The molecule has 0 fully saturated rings. The quantitative estimate of drug-likeness (QED) is 0.435. The Morgan fingerprint density at radius 3 is 0.667 bits per heavy atom. The van der Waals surface area contributed by atoms with Crippen LogP contribution in [0.5, 0.6) is 0 Å². The number of hydrogen-bond donors (Lipinski definition) is 2. The molecule has 0 heterocycles. The summed E-state index contributed by atoms with van der Waals surface area (Å²) in [6, 6.07) is 0. The monoisotopic (exact) mass is 172 g/mol. The van der Waals surface area contributed by atoms with Crippen LogP contribution in [0.1, 0.15) is 6.92 Å². The van der Waals surface area contributed by atoms with E-state index in [-0.39, 0.29) is 6.17 Å². The minimum Gasteiger partial charge on any atom is -0.316 e. The van der Waals surface area contributed by atoms with Gasteiger partial charge in [-0.3, -0.25) is 0 Å². The van der Waals surface area contributed by atoms with E-state index in [9.17, 15) is 0 Å². The highest BCUT2D eigenvalue weighted by molar-refractivity contribution is 4.28. The highest BCUT2D eigenvalue weighted by atomic mass is 14.8. The van der Waals surface area contributed by atoms with Crippen LogP contribution in [0.4, 0.5) is 0 Å². The average molecular weight is 172 g/mol. The highest BCUT2D eigenvalue weighted by Gasteiger charge is 1.66. The van der Waals surface area contributed by atoms with E-state index >= 15 is 0 Å². The fourth-order valence-electron chi connectivity index (χ4n) is 0. The summed E-state index contributed by atoms with van der Waals surface area (Å²) >= 11 is 0. The lowest BCUT2D eigenvalue weighted by atomic mass is 10.7. The summed E-state index contributed by atoms with van der Waals surface area (Å²) in [6.07, 6.45) is -0.167. The molecule has 0 saturated heterocycles. The van der Waals surface area contributed by atoms with Crippen LogP contribution in [0.25, 0.3) is 0 Å². The second-order valence-corrected chi connectivity index (χ2v) is 0.859. The first kappa shape index (κ1) is 30.7. The molecule has 0 aliphatic heterocycles. The Bertz CT molecular complexity index is 34.3. The van der Waals surface area contributed by atoms with Crippen molar-refractivity contribution in [2.24, 2.45) is 11.5 Å². The Balaban J connectivity index is -0.0000000181. The van der Waals surface area contributed by atoms with E-state index in [1.54, 1.807) is 6.92 Å². The molecule has 0 saturated carbocycles. The van der Waals surface area contributed by atoms with Crippen molar-refractivity contribution >= 4 is 0 Å². The molecule has 0 unspecified atom stereocenters. The molecular weight excluding hydrogens is 148 g/mol. The van der Waals surface area contributed by atoms with Crippen molar-refractivity contribution in [1.29, 1.82) is 0 Å². The van der Waals surface area contributed by atoms with Gasteiger partial charge in [0.15, 0.2) is 0 Å². The summed E-state index contributed by atoms with van der Waals surface area (Å²) in [5.41, 5.74) is 9.78. The van der Waals surface area contributed by atoms with E-state index in [4.69, 9.17) is 11.5 Å². The molecule has 12 heavy (non-hydrogen) atoms. The fraction of sp³-hybridized carbons (Fsp3) is 0.200. The molecule has 4 N–H and O–H groups in total. The Kier molecular flexibility index (Phi) is 564. The second-order valence-electron chi connectivity index (χ2n) is 0.859. The minimum absolute atomic E-state index is 0.167. The first-order valence-electron chi connectivity index (χ1n) is 3.24. The van der Waals surface area contributed by atoms with E-state index < -0.39 is 0 Å². The summed E-state index contributed by atoms with van der Waals surface area (Å²) in [5.74, 6) is 0. The standard InChI is InChI=1S/C2H8N2.4C2H4/c1-2(3)4;4*1-2/h2H,3-4H2,1H3;4*1-2H2. The van der Waals surface area contributed by atoms with Gasteiger partial charge in [-0.1, -0.05) is 0 Å². The molecule has 0 aliphatic rings. The van der Waals surface area contributed by atoms with Crippen molar-refractivity contribution in [2.45, 2.75) is 13.1 Å². The summed E-state index contributed by atoms with van der Waals surface area (Å²) in [7, 11) is 0. The molecule has 0 aliphatic carbocycles. The maximum absolute atomic E-state index is 4.89. The van der Waals surface area contributed by atoms with Crippen molar-refractivity contribution in [3.63, 3.8) is 0 Å². The maximum atomic E-state index is 4.89. The van der Waals surface area contributed by atoms with Crippen molar-refractivity contribution in [2.75, 3.05) is 0 Å². The summed E-state index contributed by atoms with van der Waals surface area (Å²) < 4.78 is 0. The normalized spacial score (nSPS) is 4.33. The Morgan fingerprint density at radius 2 is 0.667 bits per heavy atom. The third-order valence-corrected chi connectivity index (χ3v) is 0. The van der Waals surface area contributed by atoms with Gasteiger partial charge in [0.25, 0.3) is 0 Å². The average Bonchev–Trinajstić information content (AvgIpc) is 2.16. The van der Waals surface area contributed by atoms with Crippen LogP contribution in [-0.4, -0.2) is 6.17 Å². The van der Waals surface area contributed by atoms with Crippen LogP contribution < -0.4 is 11.5 Å². The molecule has 0 aromatic heterocycles. The van der Waals surface area contributed by atoms with Crippen molar-refractivity contribution in [1.82, 2.24) is 0 Å². The van der Waals surface area contributed by atoms with Crippen LogP contribution in [0, 0.1) is 0 Å². The largest absolute Gasteiger partial charge is 0.316 e. The van der Waals surface area contributed by atoms with Crippen LogP contribution >= 0.6 is 0 Å². The zero-order valence-corrected chi connectivity index (χ0v) is 8.39. The van der Waals surface area contributed by atoms with Gasteiger partial charge in [-0.2, -0.15) is 0 Å². The van der Waals surface area contributed by atoms with E-state index in [2.05, 4.69) is 52.6 Å². The molecule has 0 radical (unpaired) electrons. The number of hydrogen-bond acceptors (Lipinski definition) is 2. The third-order valence-electron chi connectivity index (χ3n) is 0. The molecule has 2 nitrogen and oxygen atoms in total. The van der Waals surface area contributed by atoms with Crippen molar-refractivity contribution in [3.8, 4) is 0 Å². The smallest absolute Gasteiger partial charge is 0.0491 e. The highest BCUT2D eigenvalue weighted by Crippen LogP contribution is 1.41. The zero-order chi connectivity index (χ0) is 11.6. The predicted molar refractivity (Wildman–Crippen MR) is 62.9 cm³/mol. The van der Waals surface area contributed by atoms with E-state index in [0.717, 1.165) is 0 Å². The van der Waals surface area contributed by atoms with Gasteiger partial charge in [0.1, 0.15) is 0 Å². The minimum atomic E-state index is -0.167. The second kappa shape index (κ2) is 220. The van der Waals surface area contributed by atoms with Crippen LogP contribution in [0.15, 0.2) is 52.6 Å². The van der Waals surface area contributed by atoms with Gasteiger partial charge < -0.3 is 11.5 Å². The maximum Gasteiger partial charge on any atom is 0.0491 e. The van der Waals surface area contributed by atoms with Crippen molar-refractivity contribution < 1.29 is 0 Å². The van der Waals surface area contributed by atoms with E-state index in [1.165, 1.54) is 0 Å². The predicted octanol–water partition coefficient (Wildman–Crippen LogP) is 2.46. The molecule has 0 atom stereocenters. The molecule has 0 spiro atoms. The molecule has 0 bridgehead atoms. The Hall–Kier alpha value is -1.12. The first-order valence-corrected chi connectivity index (χ1v) is 3.24. The Morgan fingerprint density at radius 1 is 0.667 bits per heavy atom. The van der Waals surface area contributed by atoms with Crippen LogP contribution in [0.2, 0.25) is 0 Å². The van der Waals surface area contributed by atoms with Gasteiger partial charge in [0.2, 0.25) is 0 Å². The summed E-state index contributed by atoms with van der Waals surface area (Å²) in [5, 5.41) is 0. The van der Waals surface area contributed by atoms with Crippen LogP contribution in [0.3, 0.4) is 0 Å². The molecule has 0 amide bonds. The molecule has 0 aromatic carbocycles. The lowest BCUT2D eigenvalue weighted by Crippen LogP contribution is -2.25. The Labute approximate surface area is 78.0 Å². The van der Waals surface area contributed by atoms with Gasteiger partial charge in [0, 0.05) is 6.17 Å². The van der Waals surface area contributed by atoms with E-state index in [1.807, 2.05) is 0 Å². The third kappa shape index (κ3) is 440. The molecule has 0 rings (SSSR count). The SMILES string of the molecule is C=C.C=C.C=C.C=C.CC(N)N. The van der Waals surface area contributed by atoms with E-state index in [0.29, 0.717) is 0 Å². The van der Waals surface area contributed by atoms with Crippen LogP contribution in [-0.2, 0) is 0 Å².